The van der Waals surface area contributed by atoms with Crippen molar-refractivity contribution in [2.24, 2.45) is 7.05 Å². The highest BCUT2D eigenvalue weighted by atomic mass is 31.2. The molecule has 0 spiro atoms. The van der Waals surface area contributed by atoms with Gasteiger partial charge in [0.1, 0.15) is 17.1 Å². The van der Waals surface area contributed by atoms with E-state index in [9.17, 15) is 27.6 Å². The van der Waals surface area contributed by atoms with Crippen molar-refractivity contribution in [1.82, 2.24) is 24.3 Å². The normalized spacial score (nSPS) is 18.4. The van der Waals surface area contributed by atoms with Gasteiger partial charge in [0.15, 0.2) is 0 Å². The number of carbonyl (C=O) groups is 1. The minimum absolute atomic E-state index is 0.00221. The van der Waals surface area contributed by atoms with Crippen LogP contribution in [0.3, 0.4) is 0 Å². The van der Waals surface area contributed by atoms with Crippen LogP contribution in [0.4, 0.5) is 36.3 Å². The van der Waals surface area contributed by atoms with Gasteiger partial charge in [-0.1, -0.05) is 12.1 Å². The van der Waals surface area contributed by atoms with E-state index in [0.29, 0.717) is 34.6 Å². The highest BCUT2D eigenvalue weighted by molar-refractivity contribution is 7.53. The molecule has 0 radical (unpaired) electrons. The van der Waals surface area contributed by atoms with Gasteiger partial charge in [-0.3, -0.25) is 14.3 Å². The minimum Gasteiger partial charge on any atom is -0.495 e. The number of rotatable bonds is 13. The third-order valence-electron chi connectivity index (χ3n) is 10.5. The Morgan fingerprint density at radius 2 is 1.67 bits per heavy atom. The molecular formula is C38H49F3N7O6P. The van der Waals surface area contributed by atoms with Gasteiger partial charge in [0.25, 0.3) is 0 Å². The third-order valence-corrected chi connectivity index (χ3v) is 12.5. The summed E-state index contributed by atoms with van der Waals surface area (Å²) in [6.45, 7) is 8.68. The Morgan fingerprint density at radius 3 is 2.29 bits per heavy atom. The van der Waals surface area contributed by atoms with Crippen molar-refractivity contribution in [3.63, 3.8) is 0 Å². The number of fused-ring (bicyclic) bond motifs is 1. The average Bonchev–Trinajstić information content (AvgIpc) is 3.45. The quantitative estimate of drug-likeness (QED) is 0.113. The number of aromatic nitrogens is 3. The number of anilines is 4. The van der Waals surface area contributed by atoms with Crippen molar-refractivity contribution in [3.05, 3.63) is 59.4 Å². The van der Waals surface area contributed by atoms with E-state index in [4.69, 9.17) is 13.8 Å². The fourth-order valence-electron chi connectivity index (χ4n) is 7.74. The monoisotopic (exact) mass is 787 g/mol. The summed E-state index contributed by atoms with van der Waals surface area (Å²) < 4.78 is 74.1. The van der Waals surface area contributed by atoms with Gasteiger partial charge in [0.2, 0.25) is 17.7 Å². The second kappa shape index (κ2) is 16.8. The Bertz CT molecular complexity index is 2030. The van der Waals surface area contributed by atoms with Gasteiger partial charge in [-0.25, -0.2) is 4.98 Å². The molecule has 3 N–H and O–H groups in total. The van der Waals surface area contributed by atoms with E-state index < -0.39 is 25.2 Å². The van der Waals surface area contributed by atoms with E-state index >= 15 is 0 Å². The number of ether oxygens (including phenoxy) is 1. The van der Waals surface area contributed by atoms with Crippen molar-refractivity contribution in [1.29, 1.82) is 0 Å². The lowest BCUT2D eigenvalue weighted by Crippen LogP contribution is -2.52. The number of halogens is 3. The van der Waals surface area contributed by atoms with Crippen LogP contribution in [0.1, 0.15) is 69.1 Å². The highest BCUT2D eigenvalue weighted by Gasteiger charge is 2.36. The Labute approximate surface area is 318 Å². The standard InChI is InChI=1S/C38H49F3N7O6P/c1-6-53-55(51,54-7-2)23-25-8-14-31(33(20-25)52-5)44-37-42-21-30(38(39,40)41)35(45-37)43-32-15-13-28(29-22-46(4)36(50)34(29)32)26-9-11-27(12-10-26)48-18-16-47(17-19-48)24(3)49/h8,13-15,20-22,26-27,50H,6-7,9-12,16-19,23H2,1-5H3,(H2,42,43,44,45). The average molecular weight is 788 g/mol. The number of nitrogens with one attached hydrogen (secondary N) is 2. The topological polar surface area (TPSA) is 143 Å². The number of alkyl halides is 3. The molecule has 2 aromatic heterocycles. The van der Waals surface area contributed by atoms with E-state index in [2.05, 4.69) is 25.5 Å². The molecule has 0 bridgehead atoms. The Morgan fingerprint density at radius 1 is 1.00 bits per heavy atom. The second-order valence-corrected chi connectivity index (χ2v) is 16.0. The predicted molar refractivity (Wildman–Crippen MR) is 205 cm³/mol. The van der Waals surface area contributed by atoms with Crippen LogP contribution in [0.2, 0.25) is 0 Å². The van der Waals surface area contributed by atoms with Crippen molar-refractivity contribution in [2.75, 3.05) is 57.1 Å². The molecule has 2 aromatic carbocycles. The number of benzene rings is 2. The number of nitrogens with zero attached hydrogens (tertiary/aromatic N) is 5. The molecule has 2 aliphatic rings. The SMILES string of the molecule is CCOP(=O)(Cc1ccc(Nc2ncc(C(F)(F)F)c(Nc3ccc(C4CCC(N5CCN(C(C)=O)CC5)CC4)c4cn(C)c(O)c34)n2)c(OC)c1)OCC. The number of carbonyl (C=O) groups excluding carboxylic acids is 1. The maximum atomic E-state index is 14.4. The number of aromatic hydroxyl groups is 1. The number of aryl methyl sites for hydroxylation is 1. The molecule has 13 nitrogen and oxygen atoms in total. The number of amides is 1. The Kier molecular flexibility index (Phi) is 12.3. The zero-order valence-electron chi connectivity index (χ0n) is 31.8. The van der Waals surface area contributed by atoms with Gasteiger partial charge in [0.05, 0.1) is 43.2 Å². The van der Waals surface area contributed by atoms with Gasteiger partial charge in [-0.15, -0.1) is 0 Å². The largest absolute Gasteiger partial charge is 0.495 e. The summed E-state index contributed by atoms with van der Waals surface area (Å²) in [5.74, 6) is -0.0950. The van der Waals surface area contributed by atoms with E-state index in [1.165, 1.54) is 7.11 Å². The zero-order chi connectivity index (χ0) is 39.5. The molecule has 4 aromatic rings. The number of hydrogen-bond acceptors (Lipinski definition) is 11. The summed E-state index contributed by atoms with van der Waals surface area (Å²) in [5.41, 5.74) is 1.18. The molecular weight excluding hydrogens is 738 g/mol. The maximum absolute atomic E-state index is 14.4. The predicted octanol–water partition coefficient (Wildman–Crippen LogP) is 8.14. The molecule has 0 atom stereocenters. The Hall–Kier alpha value is -4.37. The van der Waals surface area contributed by atoms with Crippen molar-refractivity contribution < 1.29 is 41.4 Å². The molecule has 17 heteroatoms. The van der Waals surface area contributed by atoms with E-state index in [1.807, 2.05) is 17.2 Å². The highest BCUT2D eigenvalue weighted by Crippen LogP contribution is 2.52. The van der Waals surface area contributed by atoms with Crippen LogP contribution in [0, 0.1) is 0 Å². The summed E-state index contributed by atoms with van der Waals surface area (Å²) in [6.07, 6.45) is 1.56. The van der Waals surface area contributed by atoms with Crippen molar-refractivity contribution >= 4 is 47.4 Å². The lowest BCUT2D eigenvalue weighted by atomic mass is 9.80. The molecule has 0 unspecified atom stereocenters. The van der Waals surface area contributed by atoms with Gasteiger partial charge in [0, 0.05) is 64.0 Å². The molecule has 1 aliphatic heterocycles. The van der Waals surface area contributed by atoms with E-state index in [-0.39, 0.29) is 48.7 Å². The lowest BCUT2D eigenvalue weighted by molar-refractivity contribution is -0.137. The lowest BCUT2D eigenvalue weighted by Gasteiger charge is -2.42. The number of hydrogen-bond donors (Lipinski definition) is 3. The summed E-state index contributed by atoms with van der Waals surface area (Å²) in [6, 6.07) is 9.00. The van der Waals surface area contributed by atoms with Crippen LogP contribution in [-0.2, 0) is 37.8 Å². The Balaban J connectivity index is 1.24. The first-order valence-corrected chi connectivity index (χ1v) is 20.3. The van der Waals surface area contributed by atoms with Crippen LogP contribution in [-0.4, -0.2) is 87.9 Å². The molecule has 1 aliphatic carbocycles. The molecule has 1 amide bonds. The van der Waals surface area contributed by atoms with Gasteiger partial charge >= 0.3 is 13.8 Å². The first-order chi connectivity index (χ1) is 26.2. The van der Waals surface area contributed by atoms with E-state index in [1.54, 1.807) is 56.7 Å². The number of piperazine rings is 1. The van der Waals surface area contributed by atoms with Crippen LogP contribution in [0.25, 0.3) is 10.8 Å². The van der Waals surface area contributed by atoms with E-state index in [0.717, 1.165) is 62.8 Å². The van der Waals surface area contributed by atoms with Crippen LogP contribution >= 0.6 is 7.60 Å². The fourth-order valence-corrected chi connectivity index (χ4v) is 9.42. The molecule has 1 saturated carbocycles. The molecule has 3 heterocycles. The molecule has 55 heavy (non-hydrogen) atoms. The van der Waals surface area contributed by atoms with Gasteiger partial charge < -0.3 is 39.0 Å². The molecule has 6 rings (SSSR count). The van der Waals surface area contributed by atoms with Crippen LogP contribution in [0.15, 0.2) is 42.7 Å². The van der Waals surface area contributed by atoms with Crippen molar-refractivity contribution in [3.8, 4) is 11.6 Å². The van der Waals surface area contributed by atoms with Crippen LogP contribution in [0.5, 0.6) is 11.6 Å². The smallest absolute Gasteiger partial charge is 0.421 e. The first-order valence-electron chi connectivity index (χ1n) is 18.6. The zero-order valence-corrected chi connectivity index (χ0v) is 32.7. The fraction of sp³-hybridized carbons (Fsp3) is 0.500. The third kappa shape index (κ3) is 9.04. The maximum Gasteiger partial charge on any atom is 0.421 e. The van der Waals surface area contributed by atoms with Crippen LogP contribution < -0.4 is 15.4 Å². The van der Waals surface area contributed by atoms with Crippen molar-refractivity contribution in [2.45, 2.75) is 70.8 Å². The molecule has 1 saturated heterocycles. The molecule has 298 valence electrons. The summed E-state index contributed by atoms with van der Waals surface area (Å²) in [4.78, 5) is 24.4. The first kappa shape index (κ1) is 40.3. The summed E-state index contributed by atoms with van der Waals surface area (Å²) >= 11 is 0. The summed E-state index contributed by atoms with van der Waals surface area (Å²) in [5, 5.41) is 18.2. The minimum atomic E-state index is -4.79. The molecule has 2 fully saturated rings. The number of methoxy groups -OCH3 is 1. The second-order valence-electron chi connectivity index (χ2n) is 13.9. The van der Waals surface area contributed by atoms with Gasteiger partial charge in [-0.05, 0) is 74.8 Å². The summed E-state index contributed by atoms with van der Waals surface area (Å²) in [7, 11) is -0.279. The van der Waals surface area contributed by atoms with Gasteiger partial charge in [-0.2, -0.15) is 18.2 Å².